The lowest BCUT2D eigenvalue weighted by molar-refractivity contribution is -0.145. The van der Waals surface area contributed by atoms with E-state index in [0.717, 1.165) is 16.7 Å². The Kier molecular flexibility index (Phi) is 7.66. The first-order chi connectivity index (χ1) is 15.3. The van der Waals surface area contributed by atoms with Crippen LogP contribution < -0.4 is 9.92 Å². The van der Waals surface area contributed by atoms with Crippen LogP contribution in [0.25, 0.3) is 0 Å². The Morgan fingerprint density at radius 1 is 0.938 bits per heavy atom. The number of hydrogen-bond acceptors (Lipinski definition) is 6. The van der Waals surface area contributed by atoms with Crippen LogP contribution in [-0.4, -0.2) is 28.0 Å². The molecule has 168 valence electrons. The van der Waals surface area contributed by atoms with Crippen molar-refractivity contribution in [2.45, 2.75) is 24.2 Å². The van der Waals surface area contributed by atoms with Gasteiger partial charge in [0.25, 0.3) is 0 Å². The number of nitrogens with two attached hydrogens (primary N) is 1. The predicted octanol–water partition coefficient (Wildman–Crippen LogP) is 3.84. The smallest absolute Gasteiger partial charge is 0.339 e. The van der Waals surface area contributed by atoms with Crippen LogP contribution in [0.5, 0.6) is 5.75 Å². The first-order valence-corrected chi connectivity index (χ1v) is 11.7. The first-order valence-electron chi connectivity index (χ1n) is 10.3. The monoisotopic (exact) mass is 453 g/mol. The Labute approximate surface area is 189 Å². The largest absolute Gasteiger partial charge is 0.469 e. The third kappa shape index (κ3) is 5.75. The minimum atomic E-state index is -3.94. The van der Waals surface area contributed by atoms with Crippen molar-refractivity contribution in [3.8, 4) is 5.75 Å². The number of methoxy groups -OCH3 is 1. The van der Waals surface area contributed by atoms with Crippen molar-refractivity contribution in [1.82, 2.24) is 0 Å². The number of ether oxygens (including phenoxy) is 1. The summed E-state index contributed by atoms with van der Waals surface area (Å²) in [5, 5.41) is 0. The quantitative estimate of drug-likeness (QED) is 0.391. The molecular formula is C25H27NO5S. The van der Waals surface area contributed by atoms with Gasteiger partial charge in [0.1, 0.15) is 10.6 Å². The molecular weight excluding hydrogens is 426 g/mol. The van der Waals surface area contributed by atoms with Gasteiger partial charge < -0.3 is 14.7 Å². The lowest BCUT2D eigenvalue weighted by Crippen LogP contribution is -2.32. The third-order valence-electron chi connectivity index (χ3n) is 5.37. The van der Waals surface area contributed by atoms with Crippen LogP contribution in [0.2, 0.25) is 0 Å². The van der Waals surface area contributed by atoms with Crippen molar-refractivity contribution in [2.75, 3.05) is 13.7 Å². The van der Waals surface area contributed by atoms with Gasteiger partial charge in [0, 0.05) is 12.5 Å². The molecule has 0 aliphatic rings. The lowest BCUT2D eigenvalue weighted by Gasteiger charge is -2.25. The predicted molar refractivity (Wildman–Crippen MR) is 123 cm³/mol. The fourth-order valence-corrected chi connectivity index (χ4v) is 4.52. The van der Waals surface area contributed by atoms with E-state index >= 15 is 0 Å². The van der Waals surface area contributed by atoms with Crippen molar-refractivity contribution in [3.63, 3.8) is 0 Å². The SMILES string of the molecule is COC(=O)C(CN)C(Cc1ccccc1)c1ccc(OS(=O)(=O)c2ccc(C)cc2)cc1. The highest BCUT2D eigenvalue weighted by Crippen LogP contribution is 2.31. The van der Waals surface area contributed by atoms with Gasteiger partial charge in [0.05, 0.1) is 13.0 Å². The highest BCUT2D eigenvalue weighted by Gasteiger charge is 2.30. The van der Waals surface area contributed by atoms with E-state index in [1.165, 1.54) is 19.2 Å². The highest BCUT2D eigenvalue weighted by atomic mass is 32.2. The van der Waals surface area contributed by atoms with E-state index in [1.54, 1.807) is 36.4 Å². The van der Waals surface area contributed by atoms with Crippen molar-refractivity contribution in [1.29, 1.82) is 0 Å². The summed E-state index contributed by atoms with van der Waals surface area (Å²) in [6, 6.07) is 22.9. The minimum absolute atomic E-state index is 0.0861. The van der Waals surface area contributed by atoms with Gasteiger partial charge in [-0.3, -0.25) is 4.79 Å². The summed E-state index contributed by atoms with van der Waals surface area (Å²) < 4.78 is 35.4. The van der Waals surface area contributed by atoms with Gasteiger partial charge in [-0.15, -0.1) is 0 Å². The minimum Gasteiger partial charge on any atom is -0.469 e. The molecule has 0 fully saturated rings. The molecule has 2 atom stereocenters. The normalized spacial score (nSPS) is 13.2. The second-order valence-electron chi connectivity index (χ2n) is 7.58. The molecule has 0 heterocycles. The van der Waals surface area contributed by atoms with E-state index in [-0.39, 0.29) is 29.1 Å². The lowest BCUT2D eigenvalue weighted by atomic mass is 9.81. The summed E-state index contributed by atoms with van der Waals surface area (Å²) in [7, 11) is -2.60. The molecule has 0 saturated carbocycles. The molecule has 7 heteroatoms. The Balaban J connectivity index is 1.86. The van der Waals surface area contributed by atoms with Crippen molar-refractivity contribution in [3.05, 3.63) is 95.6 Å². The third-order valence-corrected chi connectivity index (χ3v) is 6.63. The summed E-state index contributed by atoms with van der Waals surface area (Å²) in [5.74, 6) is -0.966. The summed E-state index contributed by atoms with van der Waals surface area (Å²) in [6.07, 6.45) is 0.583. The maximum atomic E-state index is 12.6. The number of rotatable bonds is 9. The second kappa shape index (κ2) is 10.4. The van der Waals surface area contributed by atoms with E-state index in [0.29, 0.717) is 6.42 Å². The molecule has 0 saturated heterocycles. The average molecular weight is 454 g/mol. The number of carbonyl (C=O) groups is 1. The zero-order chi connectivity index (χ0) is 23.1. The van der Waals surface area contributed by atoms with Crippen LogP contribution in [-0.2, 0) is 26.1 Å². The maximum absolute atomic E-state index is 12.6. The number of benzene rings is 3. The Morgan fingerprint density at radius 3 is 2.12 bits per heavy atom. The van der Waals surface area contributed by atoms with Gasteiger partial charge >= 0.3 is 16.1 Å². The van der Waals surface area contributed by atoms with Crippen LogP contribution in [0.3, 0.4) is 0 Å². The Hall–Kier alpha value is -3.16. The Morgan fingerprint density at radius 2 is 1.56 bits per heavy atom. The fourth-order valence-electron chi connectivity index (χ4n) is 3.59. The molecule has 0 aliphatic heterocycles. The number of aryl methyl sites for hydroxylation is 1. The highest BCUT2D eigenvalue weighted by molar-refractivity contribution is 7.87. The van der Waals surface area contributed by atoms with E-state index < -0.39 is 16.0 Å². The molecule has 3 aromatic rings. The maximum Gasteiger partial charge on any atom is 0.339 e. The number of hydrogen-bond donors (Lipinski definition) is 1. The molecule has 2 N–H and O–H groups in total. The van der Waals surface area contributed by atoms with Crippen LogP contribution in [0.1, 0.15) is 22.6 Å². The summed E-state index contributed by atoms with van der Waals surface area (Å²) >= 11 is 0. The standard InChI is InChI=1S/C25H27NO5S/c1-18-8-14-22(15-9-18)32(28,29)31-21-12-10-20(11-13-21)23(24(17-26)25(27)30-2)16-19-6-4-3-5-7-19/h3-15,23-24H,16-17,26H2,1-2H3. The summed E-state index contributed by atoms with van der Waals surface area (Å²) in [6.45, 7) is 2.01. The molecule has 0 aromatic heterocycles. The van der Waals surface area contributed by atoms with Crippen LogP contribution in [0, 0.1) is 12.8 Å². The van der Waals surface area contributed by atoms with E-state index in [2.05, 4.69) is 0 Å². The van der Waals surface area contributed by atoms with Crippen molar-refractivity contribution >= 4 is 16.1 Å². The van der Waals surface area contributed by atoms with E-state index in [9.17, 15) is 13.2 Å². The molecule has 3 aromatic carbocycles. The zero-order valence-corrected chi connectivity index (χ0v) is 18.9. The van der Waals surface area contributed by atoms with Crippen LogP contribution in [0.4, 0.5) is 0 Å². The van der Waals surface area contributed by atoms with Crippen LogP contribution in [0.15, 0.2) is 83.8 Å². The van der Waals surface area contributed by atoms with E-state index in [4.69, 9.17) is 14.7 Å². The first kappa shape index (κ1) is 23.5. The molecule has 0 radical (unpaired) electrons. The molecule has 0 amide bonds. The Bertz CT molecular complexity index is 1130. The van der Waals surface area contributed by atoms with Crippen molar-refractivity contribution < 1.29 is 22.1 Å². The van der Waals surface area contributed by atoms with Gasteiger partial charge in [-0.2, -0.15) is 8.42 Å². The molecule has 3 rings (SSSR count). The van der Waals surface area contributed by atoms with Crippen LogP contribution >= 0.6 is 0 Å². The molecule has 0 bridgehead atoms. The van der Waals surface area contributed by atoms with Gasteiger partial charge in [-0.25, -0.2) is 0 Å². The van der Waals surface area contributed by atoms with E-state index in [1.807, 2.05) is 37.3 Å². The van der Waals surface area contributed by atoms with Gasteiger partial charge in [-0.05, 0) is 48.7 Å². The molecule has 2 unspecified atom stereocenters. The number of esters is 1. The van der Waals surface area contributed by atoms with Gasteiger partial charge in [0.15, 0.2) is 0 Å². The summed E-state index contributed by atoms with van der Waals surface area (Å²) in [5.41, 5.74) is 8.78. The van der Waals surface area contributed by atoms with Gasteiger partial charge in [-0.1, -0.05) is 60.2 Å². The molecule has 6 nitrogen and oxygen atoms in total. The zero-order valence-electron chi connectivity index (χ0n) is 18.1. The fraction of sp³-hybridized carbons (Fsp3) is 0.240. The topological polar surface area (TPSA) is 95.7 Å². The molecule has 0 spiro atoms. The molecule has 0 aliphatic carbocycles. The van der Waals surface area contributed by atoms with Crippen molar-refractivity contribution in [2.24, 2.45) is 11.7 Å². The molecule has 32 heavy (non-hydrogen) atoms. The number of carbonyl (C=O) groups excluding carboxylic acids is 1. The summed E-state index contributed by atoms with van der Waals surface area (Å²) in [4.78, 5) is 12.5. The second-order valence-corrected chi connectivity index (χ2v) is 9.13. The van der Waals surface area contributed by atoms with Gasteiger partial charge in [0.2, 0.25) is 0 Å². The average Bonchev–Trinajstić information content (AvgIpc) is 2.80.